The van der Waals surface area contributed by atoms with E-state index in [2.05, 4.69) is 0 Å². The summed E-state index contributed by atoms with van der Waals surface area (Å²) in [5, 5.41) is 0. The number of carbonyl (C=O) groups excluding carboxylic acids is 2. The van der Waals surface area contributed by atoms with E-state index in [0.717, 1.165) is 5.56 Å². The van der Waals surface area contributed by atoms with Gasteiger partial charge in [-0.05, 0) is 18.2 Å². The Hall–Kier alpha value is -2.82. The zero-order valence-electron chi connectivity index (χ0n) is 11.5. The molecule has 5 nitrogen and oxygen atoms in total. The van der Waals surface area contributed by atoms with Gasteiger partial charge in [-0.1, -0.05) is 18.2 Å². The highest BCUT2D eigenvalue weighted by Crippen LogP contribution is 2.24. The maximum absolute atomic E-state index is 12.5. The third-order valence-corrected chi connectivity index (χ3v) is 3.33. The topological polar surface area (TPSA) is 53.8 Å². The second kappa shape index (κ2) is 5.28. The first-order valence-corrected chi connectivity index (χ1v) is 6.54. The smallest absolute Gasteiger partial charge is 0.281 e. The highest BCUT2D eigenvalue weighted by molar-refractivity contribution is 6.30. The summed E-state index contributed by atoms with van der Waals surface area (Å²) < 4.78 is 5.01. The lowest BCUT2D eigenvalue weighted by molar-refractivity contribution is -0.120. The molecule has 0 N–H and O–H groups in total. The number of para-hydroxylation sites is 1. The van der Waals surface area contributed by atoms with Crippen molar-refractivity contribution in [1.29, 1.82) is 0 Å². The molecule has 0 saturated heterocycles. The van der Waals surface area contributed by atoms with Crippen molar-refractivity contribution in [1.82, 2.24) is 4.90 Å². The molecule has 0 aliphatic carbocycles. The summed E-state index contributed by atoms with van der Waals surface area (Å²) in [6.07, 6.45) is 4.57. The zero-order chi connectivity index (χ0) is 14.8. The molecule has 0 radical (unpaired) electrons. The van der Waals surface area contributed by atoms with Crippen LogP contribution in [0, 0.1) is 0 Å². The molecule has 1 aliphatic heterocycles. The predicted octanol–water partition coefficient (Wildman–Crippen LogP) is 2.17. The third kappa shape index (κ3) is 2.45. The number of imide groups is 1. The molecule has 1 aromatic carbocycles. The molecule has 5 heteroatoms. The van der Waals surface area contributed by atoms with Crippen LogP contribution in [0.1, 0.15) is 5.56 Å². The Labute approximate surface area is 122 Å². The number of rotatable bonds is 4. The molecule has 1 aromatic heterocycles. The van der Waals surface area contributed by atoms with Crippen molar-refractivity contribution in [3.63, 3.8) is 0 Å². The van der Waals surface area contributed by atoms with Gasteiger partial charge in [0.25, 0.3) is 11.8 Å². The van der Waals surface area contributed by atoms with Crippen molar-refractivity contribution in [2.75, 3.05) is 11.9 Å². The van der Waals surface area contributed by atoms with Crippen LogP contribution in [0.25, 0.3) is 0 Å². The molecule has 0 fully saturated rings. The molecule has 2 amide bonds. The fourth-order valence-electron chi connectivity index (χ4n) is 2.29. The summed E-state index contributed by atoms with van der Waals surface area (Å²) in [4.78, 5) is 27.5. The van der Waals surface area contributed by atoms with Crippen LogP contribution in [-0.2, 0) is 16.1 Å². The van der Waals surface area contributed by atoms with Gasteiger partial charge in [-0.15, -0.1) is 0 Å². The normalized spacial score (nSPS) is 14.5. The van der Waals surface area contributed by atoms with Gasteiger partial charge in [-0.25, -0.2) is 4.90 Å². The van der Waals surface area contributed by atoms with Crippen LogP contribution in [-0.4, -0.2) is 23.8 Å². The van der Waals surface area contributed by atoms with Gasteiger partial charge in [0, 0.05) is 25.2 Å². The number of amides is 2. The Bertz CT molecular complexity index is 690. The third-order valence-electron chi connectivity index (χ3n) is 3.33. The van der Waals surface area contributed by atoms with Crippen molar-refractivity contribution in [3.8, 4) is 0 Å². The van der Waals surface area contributed by atoms with E-state index >= 15 is 0 Å². The van der Waals surface area contributed by atoms with E-state index in [9.17, 15) is 9.59 Å². The maximum atomic E-state index is 12.5. The largest absolute Gasteiger partial charge is 0.472 e. The average molecular weight is 282 g/mol. The Kier molecular flexibility index (Phi) is 3.31. The summed E-state index contributed by atoms with van der Waals surface area (Å²) in [6.45, 7) is 0.504. The number of carbonyl (C=O) groups is 2. The number of hydrogen-bond acceptors (Lipinski definition) is 4. The number of likely N-dealkylation sites (N-methyl/N-ethyl adjacent to an activating group) is 1. The SMILES string of the molecule is CN(Cc1ccoc1)C1=CC(=O)N(c2ccccc2)C1=O. The molecule has 0 spiro atoms. The van der Waals surface area contributed by atoms with Crippen molar-refractivity contribution in [2.24, 2.45) is 0 Å². The van der Waals surface area contributed by atoms with Crippen LogP contribution in [0.3, 0.4) is 0 Å². The number of benzene rings is 1. The molecule has 2 heterocycles. The standard InChI is InChI=1S/C16H14N2O3/c1-17(10-12-7-8-21-11-12)14-9-15(19)18(16(14)20)13-5-3-2-4-6-13/h2-9,11H,10H2,1H3. The van der Waals surface area contributed by atoms with E-state index in [1.807, 2.05) is 12.1 Å². The van der Waals surface area contributed by atoms with Crippen LogP contribution < -0.4 is 4.90 Å². The number of hydrogen-bond donors (Lipinski definition) is 0. The molecule has 1 aliphatic rings. The lowest BCUT2D eigenvalue weighted by Gasteiger charge is -2.20. The molecular formula is C16H14N2O3. The highest BCUT2D eigenvalue weighted by atomic mass is 16.3. The number of anilines is 1. The monoisotopic (exact) mass is 282 g/mol. The van der Waals surface area contributed by atoms with Crippen molar-refractivity contribution < 1.29 is 14.0 Å². The first-order chi connectivity index (χ1) is 10.2. The average Bonchev–Trinajstić information content (AvgIpc) is 3.08. The quantitative estimate of drug-likeness (QED) is 0.806. The second-order valence-electron chi connectivity index (χ2n) is 4.83. The van der Waals surface area contributed by atoms with E-state index in [1.165, 1.54) is 11.0 Å². The van der Waals surface area contributed by atoms with Crippen LogP contribution >= 0.6 is 0 Å². The molecule has 0 bridgehead atoms. The molecule has 106 valence electrons. The molecule has 3 rings (SSSR count). The van der Waals surface area contributed by atoms with Crippen molar-refractivity contribution in [3.05, 3.63) is 66.3 Å². The summed E-state index contributed by atoms with van der Waals surface area (Å²) in [7, 11) is 1.78. The first kappa shape index (κ1) is 13.2. The Morgan fingerprint density at radius 1 is 1.14 bits per heavy atom. The maximum Gasteiger partial charge on any atom is 0.281 e. The Balaban J connectivity index is 1.81. The van der Waals surface area contributed by atoms with Gasteiger partial charge in [0.15, 0.2) is 0 Å². The number of furan rings is 1. The van der Waals surface area contributed by atoms with E-state index < -0.39 is 0 Å². The summed E-state index contributed by atoms with van der Waals surface area (Å²) in [5.41, 5.74) is 1.90. The van der Waals surface area contributed by atoms with E-state index in [-0.39, 0.29) is 11.8 Å². The summed E-state index contributed by atoms with van der Waals surface area (Å²) in [5.74, 6) is -0.627. The van der Waals surface area contributed by atoms with E-state index in [4.69, 9.17) is 4.42 Å². The Morgan fingerprint density at radius 2 is 1.90 bits per heavy atom. The Morgan fingerprint density at radius 3 is 2.57 bits per heavy atom. The van der Waals surface area contributed by atoms with Crippen LogP contribution in [0.4, 0.5) is 5.69 Å². The molecule has 21 heavy (non-hydrogen) atoms. The second-order valence-corrected chi connectivity index (χ2v) is 4.83. The molecule has 2 aromatic rings. The van der Waals surface area contributed by atoms with Gasteiger partial charge in [0.1, 0.15) is 5.70 Å². The van der Waals surface area contributed by atoms with E-state index in [0.29, 0.717) is 17.9 Å². The molecule has 0 unspecified atom stereocenters. The van der Waals surface area contributed by atoms with E-state index in [1.54, 1.807) is 48.7 Å². The van der Waals surface area contributed by atoms with Gasteiger partial charge < -0.3 is 9.32 Å². The minimum Gasteiger partial charge on any atom is -0.472 e. The van der Waals surface area contributed by atoms with Gasteiger partial charge in [-0.3, -0.25) is 9.59 Å². The molecular weight excluding hydrogens is 268 g/mol. The number of nitrogens with zero attached hydrogens (tertiary/aromatic N) is 2. The lowest BCUT2D eigenvalue weighted by Crippen LogP contribution is -2.33. The van der Waals surface area contributed by atoms with Crippen LogP contribution in [0.2, 0.25) is 0 Å². The van der Waals surface area contributed by atoms with Crippen molar-refractivity contribution in [2.45, 2.75) is 6.54 Å². The van der Waals surface area contributed by atoms with Gasteiger partial charge in [0.2, 0.25) is 0 Å². The van der Waals surface area contributed by atoms with Gasteiger partial charge in [0.05, 0.1) is 18.2 Å². The summed E-state index contributed by atoms with van der Waals surface area (Å²) >= 11 is 0. The molecule has 0 saturated carbocycles. The van der Waals surface area contributed by atoms with Crippen LogP contribution in [0.5, 0.6) is 0 Å². The highest BCUT2D eigenvalue weighted by Gasteiger charge is 2.34. The predicted molar refractivity (Wildman–Crippen MR) is 77.2 cm³/mol. The van der Waals surface area contributed by atoms with Crippen LogP contribution in [0.15, 0.2) is 65.1 Å². The minimum absolute atomic E-state index is 0.308. The van der Waals surface area contributed by atoms with Crippen molar-refractivity contribution >= 4 is 17.5 Å². The van der Waals surface area contributed by atoms with Gasteiger partial charge in [-0.2, -0.15) is 0 Å². The zero-order valence-corrected chi connectivity index (χ0v) is 11.5. The first-order valence-electron chi connectivity index (χ1n) is 6.54. The van der Waals surface area contributed by atoms with Gasteiger partial charge >= 0.3 is 0 Å². The minimum atomic E-state index is -0.319. The summed E-state index contributed by atoms with van der Waals surface area (Å²) in [6, 6.07) is 10.7. The molecule has 0 atom stereocenters. The lowest BCUT2D eigenvalue weighted by atomic mass is 10.3. The fraction of sp³-hybridized carbons (Fsp3) is 0.125. The fourth-order valence-corrected chi connectivity index (χ4v) is 2.29.